The lowest BCUT2D eigenvalue weighted by Crippen LogP contribution is -2.04. The fourth-order valence-electron chi connectivity index (χ4n) is 1.56. The molecule has 2 unspecified atom stereocenters. The molecular weight excluding hydrogens is 215 g/mol. The van der Waals surface area contributed by atoms with E-state index in [1.54, 1.807) is 6.07 Å². The minimum atomic E-state index is -0.304. The highest BCUT2D eigenvalue weighted by atomic mass is 35.5. The summed E-state index contributed by atoms with van der Waals surface area (Å²) in [6.45, 7) is 2.74. The third-order valence-electron chi connectivity index (χ3n) is 2.46. The van der Waals surface area contributed by atoms with Gasteiger partial charge < -0.3 is 4.74 Å². The van der Waals surface area contributed by atoms with Crippen LogP contribution in [0.1, 0.15) is 18.4 Å². The van der Waals surface area contributed by atoms with Crippen molar-refractivity contribution in [2.24, 2.45) is 0 Å². The quantitative estimate of drug-likeness (QED) is 0.717. The molecule has 1 aromatic rings. The van der Waals surface area contributed by atoms with Crippen molar-refractivity contribution in [3.05, 3.63) is 47.4 Å². The normalized spacial score (nSPS) is 21.4. The van der Waals surface area contributed by atoms with Gasteiger partial charge in [-0.3, -0.25) is 0 Å². The number of hydrogen-bond donors (Lipinski definition) is 0. The molecule has 2 atom stereocenters. The maximum absolute atomic E-state index is 12.9. The van der Waals surface area contributed by atoms with Crippen LogP contribution >= 0.6 is 11.6 Å². The molecule has 0 amide bonds. The van der Waals surface area contributed by atoms with Crippen molar-refractivity contribution in [2.75, 3.05) is 6.61 Å². The van der Waals surface area contributed by atoms with E-state index in [0.29, 0.717) is 5.02 Å². The Morgan fingerprint density at radius 2 is 2.33 bits per heavy atom. The standard InChI is InChI=1S/C12H12ClFO/c1-2-8(5-10-7-15-10)11-4-3-9(14)6-12(11)13/h2-6,8,10H,7H2,1H3. The van der Waals surface area contributed by atoms with Crippen molar-refractivity contribution in [1.82, 2.24) is 0 Å². The van der Waals surface area contributed by atoms with Gasteiger partial charge >= 0.3 is 0 Å². The molecule has 0 aromatic heterocycles. The van der Waals surface area contributed by atoms with Crippen LogP contribution in [0.5, 0.6) is 0 Å². The first-order valence-corrected chi connectivity index (χ1v) is 5.29. The van der Waals surface area contributed by atoms with E-state index in [0.717, 1.165) is 12.2 Å². The first-order valence-electron chi connectivity index (χ1n) is 4.91. The monoisotopic (exact) mass is 226 g/mol. The lowest BCUT2D eigenvalue weighted by atomic mass is 9.92. The smallest absolute Gasteiger partial charge is 0.124 e. The molecular formula is C12H12ClFO. The summed E-state index contributed by atoms with van der Waals surface area (Å²) in [7, 11) is 0. The van der Waals surface area contributed by atoms with E-state index in [4.69, 9.17) is 16.3 Å². The van der Waals surface area contributed by atoms with Crippen LogP contribution in [0.15, 0.2) is 18.2 Å². The molecule has 0 saturated carbocycles. The van der Waals surface area contributed by atoms with Gasteiger partial charge in [-0.2, -0.15) is 0 Å². The highest BCUT2D eigenvalue weighted by Crippen LogP contribution is 2.32. The number of benzene rings is 1. The van der Waals surface area contributed by atoms with Crippen molar-refractivity contribution in [3.8, 4) is 0 Å². The van der Waals surface area contributed by atoms with Crippen molar-refractivity contribution >= 4 is 11.6 Å². The van der Waals surface area contributed by atoms with Gasteiger partial charge in [0.25, 0.3) is 0 Å². The van der Waals surface area contributed by atoms with Crippen LogP contribution in [0.4, 0.5) is 4.39 Å². The Kier molecular flexibility index (Phi) is 3.27. The summed E-state index contributed by atoms with van der Waals surface area (Å²) in [5.74, 6) is -0.174. The van der Waals surface area contributed by atoms with E-state index in [9.17, 15) is 4.39 Å². The van der Waals surface area contributed by atoms with Gasteiger partial charge in [0.05, 0.1) is 12.7 Å². The molecule has 2 rings (SSSR count). The topological polar surface area (TPSA) is 12.5 Å². The molecule has 2 radical (unpaired) electrons. The zero-order chi connectivity index (χ0) is 10.8. The molecule has 3 heteroatoms. The van der Waals surface area contributed by atoms with Crippen LogP contribution in [0.3, 0.4) is 0 Å². The van der Waals surface area contributed by atoms with Gasteiger partial charge in [0, 0.05) is 11.4 Å². The van der Waals surface area contributed by atoms with Crippen molar-refractivity contribution < 1.29 is 9.13 Å². The van der Waals surface area contributed by atoms with Gasteiger partial charge in [0.15, 0.2) is 0 Å². The molecule has 1 heterocycles. The predicted molar refractivity (Wildman–Crippen MR) is 58.2 cm³/mol. The number of rotatable bonds is 4. The molecule has 80 valence electrons. The average molecular weight is 227 g/mol. The summed E-state index contributed by atoms with van der Waals surface area (Å²) < 4.78 is 18.0. The fourth-order valence-corrected chi connectivity index (χ4v) is 1.86. The van der Waals surface area contributed by atoms with Crippen molar-refractivity contribution in [3.63, 3.8) is 0 Å². The number of hydrogen-bond acceptors (Lipinski definition) is 1. The van der Waals surface area contributed by atoms with Crippen molar-refractivity contribution in [1.29, 1.82) is 0 Å². The maximum atomic E-state index is 12.9. The molecule has 1 aromatic carbocycles. The van der Waals surface area contributed by atoms with Gasteiger partial charge in [-0.05, 0) is 30.0 Å². The van der Waals surface area contributed by atoms with Crippen LogP contribution in [0.2, 0.25) is 5.02 Å². The van der Waals surface area contributed by atoms with Crippen LogP contribution in [-0.4, -0.2) is 12.7 Å². The number of epoxide rings is 1. The summed E-state index contributed by atoms with van der Waals surface area (Å²) in [5.41, 5.74) is 0.927. The van der Waals surface area contributed by atoms with Gasteiger partial charge in [0.1, 0.15) is 5.82 Å². The second-order valence-corrected chi connectivity index (χ2v) is 4.00. The van der Waals surface area contributed by atoms with E-state index in [2.05, 4.69) is 6.42 Å². The molecule has 0 aliphatic carbocycles. The lowest BCUT2D eigenvalue weighted by Gasteiger charge is -2.14. The Labute approximate surface area is 94.2 Å². The SMILES string of the molecule is C[CH]C([CH]C1CO1)c1ccc(F)cc1Cl. The van der Waals surface area contributed by atoms with Crippen LogP contribution in [-0.2, 0) is 4.74 Å². The average Bonchev–Trinajstić information content (AvgIpc) is 2.99. The zero-order valence-electron chi connectivity index (χ0n) is 8.41. The predicted octanol–water partition coefficient (Wildman–Crippen LogP) is 3.39. The summed E-state index contributed by atoms with van der Waals surface area (Å²) >= 11 is 5.99. The third-order valence-corrected chi connectivity index (χ3v) is 2.79. The minimum Gasteiger partial charge on any atom is -0.373 e. The number of ether oxygens (including phenoxy) is 1. The second-order valence-electron chi connectivity index (χ2n) is 3.59. The van der Waals surface area contributed by atoms with E-state index in [1.807, 2.05) is 13.3 Å². The first-order chi connectivity index (χ1) is 7.20. The molecule has 1 fully saturated rings. The van der Waals surface area contributed by atoms with Crippen molar-refractivity contribution in [2.45, 2.75) is 18.9 Å². The van der Waals surface area contributed by atoms with Gasteiger partial charge in [-0.25, -0.2) is 4.39 Å². The van der Waals surface area contributed by atoms with Gasteiger partial charge in [-0.1, -0.05) is 24.6 Å². The summed E-state index contributed by atoms with van der Waals surface area (Å²) in [6.07, 6.45) is 4.34. The molecule has 1 nitrogen and oxygen atoms in total. The molecule has 0 bridgehead atoms. The van der Waals surface area contributed by atoms with E-state index in [1.165, 1.54) is 12.1 Å². The molecule has 15 heavy (non-hydrogen) atoms. The first kappa shape index (κ1) is 10.9. The van der Waals surface area contributed by atoms with Gasteiger partial charge in [0.2, 0.25) is 0 Å². The Morgan fingerprint density at radius 3 is 2.87 bits per heavy atom. The maximum Gasteiger partial charge on any atom is 0.124 e. The van der Waals surface area contributed by atoms with E-state index >= 15 is 0 Å². The van der Waals surface area contributed by atoms with Crippen LogP contribution in [0, 0.1) is 18.7 Å². The third kappa shape index (κ3) is 2.70. The van der Waals surface area contributed by atoms with E-state index < -0.39 is 0 Å². The highest BCUT2D eigenvalue weighted by molar-refractivity contribution is 6.31. The molecule has 0 spiro atoms. The van der Waals surface area contributed by atoms with Gasteiger partial charge in [-0.15, -0.1) is 0 Å². The Balaban J connectivity index is 2.16. The summed E-state index contributed by atoms with van der Waals surface area (Å²) in [4.78, 5) is 0. The second kappa shape index (κ2) is 4.50. The fraction of sp³-hybridized carbons (Fsp3) is 0.333. The largest absolute Gasteiger partial charge is 0.373 e. The Bertz CT molecular complexity index is 349. The highest BCUT2D eigenvalue weighted by Gasteiger charge is 2.28. The van der Waals surface area contributed by atoms with Crippen LogP contribution in [0.25, 0.3) is 0 Å². The molecule has 1 aliphatic rings. The molecule has 1 saturated heterocycles. The van der Waals surface area contributed by atoms with E-state index in [-0.39, 0.29) is 17.8 Å². The summed E-state index contributed by atoms with van der Waals surface area (Å²) in [6, 6.07) is 4.50. The minimum absolute atomic E-state index is 0.130. The Morgan fingerprint density at radius 1 is 1.60 bits per heavy atom. The molecule has 0 N–H and O–H groups in total. The van der Waals surface area contributed by atoms with Crippen LogP contribution < -0.4 is 0 Å². The lowest BCUT2D eigenvalue weighted by molar-refractivity contribution is 0.423. The zero-order valence-corrected chi connectivity index (χ0v) is 9.17. The Hall–Kier alpha value is -0.600. The summed E-state index contributed by atoms with van der Waals surface area (Å²) in [5, 5.41) is 0.468. The number of halogens is 2. The molecule has 1 aliphatic heterocycles.